The molecule has 1 aliphatic rings. The molecule has 0 radical (unpaired) electrons. The van der Waals surface area contributed by atoms with Gasteiger partial charge in [0, 0.05) is 5.70 Å². The van der Waals surface area contributed by atoms with Gasteiger partial charge in [-0.3, -0.25) is 5.32 Å². The third-order valence-corrected chi connectivity index (χ3v) is 4.31. The fourth-order valence-electron chi connectivity index (χ4n) is 2.47. The molecule has 6 heteroatoms. The summed E-state index contributed by atoms with van der Waals surface area (Å²) >= 11 is 1.71. The number of carbonyl (C=O) groups is 1. The van der Waals surface area contributed by atoms with Gasteiger partial charge in [-0.05, 0) is 37.3 Å². The smallest absolute Gasteiger partial charge is 0.337 e. The van der Waals surface area contributed by atoms with Crippen LogP contribution in [-0.4, -0.2) is 28.9 Å². The lowest BCUT2D eigenvalue weighted by Crippen LogP contribution is -2.48. The zero-order chi connectivity index (χ0) is 16.1. The summed E-state index contributed by atoms with van der Waals surface area (Å²) in [5.41, 5.74) is 2.21. The summed E-state index contributed by atoms with van der Waals surface area (Å²) in [5.74, 6) is 0.783. The topological polar surface area (TPSA) is 70.6 Å². The Morgan fingerprint density at radius 2 is 2.18 bits per heavy atom. The van der Waals surface area contributed by atoms with Crippen LogP contribution in [0.25, 0.3) is 0 Å². The molecule has 5 nitrogen and oxygen atoms in total. The van der Waals surface area contributed by atoms with Gasteiger partial charge in [0.05, 0.1) is 18.2 Å². The summed E-state index contributed by atoms with van der Waals surface area (Å²) in [6.45, 7) is 6.08. The number of hydrogen-bond acceptors (Lipinski definition) is 6. The Bertz CT molecular complexity index is 574. The molecule has 2 rings (SSSR count). The van der Waals surface area contributed by atoms with Crippen molar-refractivity contribution in [3.8, 4) is 5.75 Å². The molecule has 120 valence electrons. The van der Waals surface area contributed by atoms with Gasteiger partial charge in [-0.1, -0.05) is 19.1 Å². The van der Waals surface area contributed by atoms with Crippen LogP contribution < -0.4 is 10.6 Å². The summed E-state index contributed by atoms with van der Waals surface area (Å²) < 4.78 is 5.18. The average molecular weight is 322 g/mol. The Labute approximate surface area is 135 Å². The lowest BCUT2D eigenvalue weighted by molar-refractivity contribution is -0.139. The molecule has 0 saturated heterocycles. The number of esters is 1. The van der Waals surface area contributed by atoms with E-state index in [-0.39, 0.29) is 23.3 Å². The Morgan fingerprint density at radius 3 is 2.82 bits per heavy atom. The zero-order valence-corrected chi connectivity index (χ0v) is 13.9. The summed E-state index contributed by atoms with van der Waals surface area (Å²) in [6, 6.07) is 6.64. The SMILES string of the molecule is CCOC(=O)C1=C(C)NC(SCC)NC1c1cccc(O)c1. The van der Waals surface area contributed by atoms with Crippen molar-refractivity contribution < 1.29 is 14.6 Å². The second-order valence-electron chi connectivity index (χ2n) is 4.93. The van der Waals surface area contributed by atoms with Crippen LogP contribution >= 0.6 is 11.8 Å². The van der Waals surface area contributed by atoms with Crippen LogP contribution in [0.5, 0.6) is 5.75 Å². The number of ether oxygens (including phenoxy) is 1. The molecule has 22 heavy (non-hydrogen) atoms. The maximum Gasteiger partial charge on any atom is 0.337 e. The number of nitrogens with one attached hydrogen (secondary N) is 2. The van der Waals surface area contributed by atoms with E-state index in [0.717, 1.165) is 17.0 Å². The first-order valence-corrected chi connectivity index (χ1v) is 8.42. The minimum atomic E-state index is -0.340. The number of aromatic hydroxyl groups is 1. The molecule has 1 heterocycles. The quantitative estimate of drug-likeness (QED) is 0.724. The van der Waals surface area contributed by atoms with Crippen molar-refractivity contribution in [1.82, 2.24) is 10.6 Å². The van der Waals surface area contributed by atoms with Crippen molar-refractivity contribution in [1.29, 1.82) is 0 Å². The second-order valence-corrected chi connectivity index (χ2v) is 6.32. The van der Waals surface area contributed by atoms with E-state index in [1.54, 1.807) is 36.9 Å². The Balaban J connectivity index is 2.40. The highest BCUT2D eigenvalue weighted by Gasteiger charge is 2.32. The molecule has 3 N–H and O–H groups in total. The van der Waals surface area contributed by atoms with Crippen LogP contribution in [0.2, 0.25) is 0 Å². The molecule has 0 saturated carbocycles. The predicted molar refractivity (Wildman–Crippen MR) is 88.4 cm³/mol. The van der Waals surface area contributed by atoms with E-state index in [2.05, 4.69) is 17.6 Å². The Morgan fingerprint density at radius 1 is 1.41 bits per heavy atom. The largest absolute Gasteiger partial charge is 0.508 e. The fraction of sp³-hybridized carbons (Fsp3) is 0.438. The summed E-state index contributed by atoms with van der Waals surface area (Å²) in [7, 11) is 0. The fourth-order valence-corrected chi connectivity index (χ4v) is 3.30. The number of carbonyl (C=O) groups excluding carboxylic acids is 1. The molecule has 0 amide bonds. The van der Waals surface area contributed by atoms with Gasteiger partial charge in [0.1, 0.15) is 11.2 Å². The van der Waals surface area contributed by atoms with Gasteiger partial charge >= 0.3 is 5.97 Å². The maximum atomic E-state index is 12.3. The van der Waals surface area contributed by atoms with Gasteiger partial charge in [0.2, 0.25) is 0 Å². The number of hydrogen-bond donors (Lipinski definition) is 3. The van der Waals surface area contributed by atoms with Crippen LogP contribution in [0.4, 0.5) is 0 Å². The molecule has 0 bridgehead atoms. The van der Waals surface area contributed by atoms with Crippen molar-refractivity contribution in [2.75, 3.05) is 12.4 Å². The van der Waals surface area contributed by atoms with E-state index in [0.29, 0.717) is 12.2 Å². The third kappa shape index (κ3) is 3.75. The Hall–Kier alpha value is -1.66. The van der Waals surface area contributed by atoms with E-state index in [1.165, 1.54) is 0 Å². The lowest BCUT2D eigenvalue weighted by Gasteiger charge is -2.34. The van der Waals surface area contributed by atoms with Gasteiger partial charge in [0.15, 0.2) is 0 Å². The predicted octanol–water partition coefficient (Wildman–Crippen LogP) is 2.50. The minimum absolute atomic E-state index is 0.00975. The molecular formula is C16H22N2O3S. The normalized spacial score (nSPS) is 21.4. The van der Waals surface area contributed by atoms with Gasteiger partial charge in [0.25, 0.3) is 0 Å². The molecule has 0 aliphatic carbocycles. The number of thioether (sulfide) groups is 1. The molecule has 0 spiro atoms. The van der Waals surface area contributed by atoms with Crippen molar-refractivity contribution >= 4 is 17.7 Å². The standard InChI is InChI=1S/C16H22N2O3S/c1-4-21-15(20)13-10(3)17-16(22-5-2)18-14(13)11-7-6-8-12(19)9-11/h6-9,14,16-19H,4-5H2,1-3H3. The average Bonchev–Trinajstić information content (AvgIpc) is 2.47. The molecular weight excluding hydrogens is 300 g/mol. The Kier molecular flexibility index (Phi) is 5.74. The second kappa shape index (κ2) is 7.56. The first kappa shape index (κ1) is 16.7. The van der Waals surface area contributed by atoms with E-state index < -0.39 is 0 Å². The minimum Gasteiger partial charge on any atom is -0.508 e. The number of rotatable bonds is 5. The summed E-state index contributed by atoms with van der Waals surface area (Å²) in [4.78, 5) is 12.3. The van der Waals surface area contributed by atoms with Crippen LogP contribution in [-0.2, 0) is 9.53 Å². The van der Waals surface area contributed by atoms with Gasteiger partial charge in [-0.2, -0.15) is 0 Å². The lowest BCUT2D eigenvalue weighted by atomic mass is 9.95. The zero-order valence-electron chi connectivity index (χ0n) is 13.1. The number of phenols is 1. The van der Waals surface area contributed by atoms with E-state index in [4.69, 9.17) is 4.74 Å². The third-order valence-electron chi connectivity index (χ3n) is 3.39. The molecule has 1 aromatic carbocycles. The van der Waals surface area contributed by atoms with Crippen molar-refractivity contribution in [2.45, 2.75) is 32.3 Å². The summed E-state index contributed by atoms with van der Waals surface area (Å²) in [6.07, 6.45) is 0. The first-order chi connectivity index (χ1) is 10.6. The van der Waals surface area contributed by atoms with Gasteiger partial charge in [-0.25, -0.2) is 4.79 Å². The van der Waals surface area contributed by atoms with Gasteiger partial charge in [-0.15, -0.1) is 11.8 Å². The monoisotopic (exact) mass is 322 g/mol. The van der Waals surface area contributed by atoms with Crippen LogP contribution in [0.1, 0.15) is 32.4 Å². The van der Waals surface area contributed by atoms with Crippen LogP contribution in [0, 0.1) is 0 Å². The summed E-state index contributed by atoms with van der Waals surface area (Å²) in [5, 5.41) is 16.4. The van der Waals surface area contributed by atoms with E-state index >= 15 is 0 Å². The maximum absolute atomic E-state index is 12.3. The highest BCUT2D eigenvalue weighted by molar-refractivity contribution is 7.99. The van der Waals surface area contributed by atoms with Crippen LogP contribution in [0.3, 0.4) is 0 Å². The number of phenolic OH excluding ortho intramolecular Hbond substituents is 1. The molecule has 1 aliphatic heterocycles. The first-order valence-electron chi connectivity index (χ1n) is 7.37. The van der Waals surface area contributed by atoms with Crippen molar-refractivity contribution in [2.24, 2.45) is 0 Å². The highest BCUT2D eigenvalue weighted by atomic mass is 32.2. The van der Waals surface area contributed by atoms with Crippen LogP contribution in [0.15, 0.2) is 35.5 Å². The number of benzene rings is 1. The molecule has 0 fully saturated rings. The van der Waals surface area contributed by atoms with Crippen molar-refractivity contribution in [3.63, 3.8) is 0 Å². The molecule has 0 aromatic heterocycles. The van der Waals surface area contributed by atoms with Crippen molar-refractivity contribution in [3.05, 3.63) is 41.1 Å². The molecule has 1 aromatic rings. The molecule has 2 unspecified atom stereocenters. The molecule has 2 atom stereocenters. The van der Waals surface area contributed by atoms with Gasteiger partial charge < -0.3 is 15.2 Å². The highest BCUT2D eigenvalue weighted by Crippen LogP contribution is 2.31. The van der Waals surface area contributed by atoms with E-state index in [9.17, 15) is 9.90 Å². The van der Waals surface area contributed by atoms with E-state index in [1.807, 2.05) is 13.0 Å². The number of allylic oxidation sites excluding steroid dienone is 1.